The van der Waals surface area contributed by atoms with Gasteiger partial charge in [-0.25, -0.2) is 5.01 Å². The number of aromatic amines is 1. The first-order valence-electron chi connectivity index (χ1n) is 9.14. The molecule has 0 aliphatic carbocycles. The number of carbonyl (C=O) groups is 3. The van der Waals surface area contributed by atoms with Crippen LogP contribution in [0.2, 0.25) is 0 Å². The average Bonchev–Trinajstić information content (AvgIpc) is 3.17. The van der Waals surface area contributed by atoms with Crippen molar-refractivity contribution in [3.63, 3.8) is 0 Å². The van der Waals surface area contributed by atoms with E-state index in [0.29, 0.717) is 17.5 Å². The highest BCUT2D eigenvalue weighted by atomic mass is 16.2. The molecule has 2 atom stereocenters. The maximum atomic E-state index is 13.1. The predicted octanol–water partition coefficient (Wildman–Crippen LogP) is 1.66. The summed E-state index contributed by atoms with van der Waals surface area (Å²) >= 11 is 0. The van der Waals surface area contributed by atoms with E-state index < -0.39 is 18.0 Å². The van der Waals surface area contributed by atoms with Crippen LogP contribution >= 0.6 is 0 Å². The lowest BCUT2D eigenvalue weighted by molar-refractivity contribution is -0.143. The van der Waals surface area contributed by atoms with Gasteiger partial charge in [-0.3, -0.25) is 14.4 Å². The molecule has 8 heteroatoms. The number of rotatable bonds is 5. The molecule has 3 N–H and O–H groups in total. The average molecular weight is 389 g/mol. The molecule has 4 rings (SSSR count). The lowest BCUT2D eigenvalue weighted by Gasteiger charge is -2.33. The van der Waals surface area contributed by atoms with Gasteiger partial charge >= 0.3 is 0 Å². The first kappa shape index (κ1) is 18.4. The van der Waals surface area contributed by atoms with Gasteiger partial charge in [-0.2, -0.15) is 5.10 Å². The van der Waals surface area contributed by atoms with Crippen molar-refractivity contribution in [3.05, 3.63) is 71.9 Å². The van der Waals surface area contributed by atoms with Crippen LogP contribution in [0.3, 0.4) is 0 Å². The SMILES string of the molecule is C[C@@H](NC=O)C(=O)N1N=C(c2ccccc2)NC(=O)[C@H]1c1c[nH]c2ccccc12. The van der Waals surface area contributed by atoms with E-state index >= 15 is 0 Å². The zero-order chi connectivity index (χ0) is 20.4. The molecule has 0 spiro atoms. The molecule has 0 saturated carbocycles. The van der Waals surface area contributed by atoms with E-state index in [-0.39, 0.29) is 11.7 Å². The third kappa shape index (κ3) is 3.36. The van der Waals surface area contributed by atoms with E-state index in [9.17, 15) is 14.4 Å². The summed E-state index contributed by atoms with van der Waals surface area (Å²) in [5.74, 6) is -0.593. The Bertz CT molecular complexity index is 1110. The number of hydrazone groups is 1. The number of hydrogen-bond donors (Lipinski definition) is 3. The van der Waals surface area contributed by atoms with Crippen LogP contribution in [0.5, 0.6) is 0 Å². The van der Waals surface area contributed by atoms with Crippen molar-refractivity contribution in [1.29, 1.82) is 0 Å². The maximum Gasteiger partial charge on any atom is 0.266 e. The minimum Gasteiger partial charge on any atom is -0.361 e. The quantitative estimate of drug-likeness (QED) is 0.578. The smallest absolute Gasteiger partial charge is 0.266 e. The molecule has 0 saturated heterocycles. The second kappa shape index (κ2) is 7.59. The Morgan fingerprint density at radius 1 is 1.17 bits per heavy atom. The molecule has 0 bridgehead atoms. The van der Waals surface area contributed by atoms with E-state index in [4.69, 9.17) is 0 Å². The van der Waals surface area contributed by atoms with Crippen LogP contribution in [-0.2, 0) is 14.4 Å². The molecule has 3 amide bonds. The Hall–Kier alpha value is -3.94. The molecule has 8 nitrogen and oxygen atoms in total. The predicted molar refractivity (Wildman–Crippen MR) is 108 cm³/mol. The van der Waals surface area contributed by atoms with Crippen LogP contribution in [-0.4, -0.2) is 40.1 Å². The molecule has 0 fully saturated rings. The summed E-state index contributed by atoms with van der Waals surface area (Å²) in [7, 11) is 0. The highest BCUT2D eigenvalue weighted by molar-refractivity contribution is 6.12. The fourth-order valence-electron chi connectivity index (χ4n) is 3.35. The normalized spacial score (nSPS) is 17.4. The second-order valence-corrected chi connectivity index (χ2v) is 6.69. The van der Waals surface area contributed by atoms with Crippen LogP contribution in [0.1, 0.15) is 24.1 Å². The number of amides is 3. The number of nitrogens with one attached hydrogen (secondary N) is 3. The number of benzene rings is 2. The molecule has 3 aromatic rings. The fraction of sp³-hybridized carbons (Fsp3) is 0.143. The van der Waals surface area contributed by atoms with Gasteiger partial charge in [0.15, 0.2) is 11.9 Å². The monoisotopic (exact) mass is 389 g/mol. The molecular weight excluding hydrogens is 370 g/mol. The molecule has 1 aromatic heterocycles. The second-order valence-electron chi connectivity index (χ2n) is 6.69. The van der Waals surface area contributed by atoms with E-state index in [2.05, 4.69) is 20.7 Å². The summed E-state index contributed by atoms with van der Waals surface area (Å²) < 4.78 is 0. The van der Waals surface area contributed by atoms with Crippen molar-refractivity contribution in [3.8, 4) is 0 Å². The molecule has 1 aliphatic heterocycles. The van der Waals surface area contributed by atoms with E-state index in [1.165, 1.54) is 0 Å². The Labute approximate surface area is 166 Å². The summed E-state index contributed by atoms with van der Waals surface area (Å²) in [6.45, 7) is 1.55. The minimum atomic E-state index is -0.970. The number of amidine groups is 1. The molecule has 2 heterocycles. The van der Waals surface area contributed by atoms with Gasteiger partial charge in [-0.05, 0) is 13.0 Å². The van der Waals surface area contributed by atoms with Crippen molar-refractivity contribution in [2.24, 2.45) is 5.10 Å². The van der Waals surface area contributed by atoms with Crippen LogP contribution in [0.15, 0.2) is 65.9 Å². The Balaban J connectivity index is 1.82. The number of fused-ring (bicyclic) bond motifs is 1. The van der Waals surface area contributed by atoms with Crippen LogP contribution in [0.4, 0.5) is 0 Å². The zero-order valence-corrected chi connectivity index (χ0v) is 15.6. The Morgan fingerprint density at radius 3 is 2.66 bits per heavy atom. The van der Waals surface area contributed by atoms with Gasteiger partial charge in [-0.15, -0.1) is 0 Å². The number of para-hydroxylation sites is 1. The molecule has 0 unspecified atom stereocenters. The van der Waals surface area contributed by atoms with Gasteiger partial charge in [0.1, 0.15) is 6.04 Å². The fourth-order valence-corrected chi connectivity index (χ4v) is 3.35. The third-order valence-electron chi connectivity index (χ3n) is 4.82. The van der Waals surface area contributed by atoms with Gasteiger partial charge in [-0.1, -0.05) is 48.5 Å². The van der Waals surface area contributed by atoms with Crippen LogP contribution < -0.4 is 10.6 Å². The number of hydrogen-bond acceptors (Lipinski definition) is 4. The standard InChI is InChI=1S/C21H19N5O3/c1-13(23-12-27)21(29)26-18(16-11-22-17-10-6-5-9-15(16)17)20(28)24-19(25-26)14-7-3-2-4-8-14/h2-13,18,22H,1H3,(H,23,27)(H,24,25,28)/t13-,18-/m1/s1. The number of aromatic nitrogens is 1. The zero-order valence-electron chi connectivity index (χ0n) is 15.6. The van der Waals surface area contributed by atoms with Gasteiger partial charge in [0, 0.05) is 28.2 Å². The largest absolute Gasteiger partial charge is 0.361 e. The third-order valence-corrected chi connectivity index (χ3v) is 4.82. The highest BCUT2D eigenvalue weighted by Gasteiger charge is 2.39. The topological polar surface area (TPSA) is 107 Å². The first-order chi connectivity index (χ1) is 14.1. The molecule has 1 aliphatic rings. The highest BCUT2D eigenvalue weighted by Crippen LogP contribution is 2.31. The number of nitrogens with zero attached hydrogens (tertiary/aromatic N) is 2. The molecule has 29 heavy (non-hydrogen) atoms. The lowest BCUT2D eigenvalue weighted by Crippen LogP contribution is -2.53. The van der Waals surface area contributed by atoms with Crippen molar-refractivity contribution in [1.82, 2.24) is 20.6 Å². The van der Waals surface area contributed by atoms with Gasteiger partial charge < -0.3 is 15.6 Å². The lowest BCUT2D eigenvalue weighted by atomic mass is 10.0. The number of H-pyrrole nitrogens is 1. The summed E-state index contributed by atoms with van der Waals surface area (Å²) in [6, 6.07) is 14.8. The summed E-state index contributed by atoms with van der Waals surface area (Å²) in [5, 5.41) is 11.7. The molecule has 146 valence electrons. The molecule has 0 radical (unpaired) electrons. The van der Waals surface area contributed by atoms with Gasteiger partial charge in [0.2, 0.25) is 6.41 Å². The van der Waals surface area contributed by atoms with E-state index in [1.807, 2.05) is 42.5 Å². The van der Waals surface area contributed by atoms with Crippen molar-refractivity contribution in [2.75, 3.05) is 0 Å². The summed E-state index contributed by atoms with van der Waals surface area (Å²) in [4.78, 5) is 40.1. The van der Waals surface area contributed by atoms with Crippen LogP contribution in [0, 0.1) is 0 Å². The van der Waals surface area contributed by atoms with Gasteiger partial charge in [0.05, 0.1) is 0 Å². The Kier molecular flexibility index (Phi) is 4.82. The summed E-state index contributed by atoms with van der Waals surface area (Å²) in [6.07, 6.45) is 2.16. The Morgan fingerprint density at radius 2 is 1.90 bits per heavy atom. The number of carbonyl (C=O) groups excluding carboxylic acids is 3. The van der Waals surface area contributed by atoms with Crippen molar-refractivity contribution in [2.45, 2.75) is 19.0 Å². The van der Waals surface area contributed by atoms with Crippen molar-refractivity contribution >= 4 is 35.0 Å². The maximum absolute atomic E-state index is 13.1. The van der Waals surface area contributed by atoms with Crippen molar-refractivity contribution < 1.29 is 14.4 Å². The van der Waals surface area contributed by atoms with Crippen LogP contribution in [0.25, 0.3) is 10.9 Å². The first-order valence-corrected chi connectivity index (χ1v) is 9.14. The van der Waals surface area contributed by atoms with E-state index in [1.54, 1.807) is 25.3 Å². The molecule has 2 aromatic carbocycles. The summed E-state index contributed by atoms with van der Waals surface area (Å²) in [5.41, 5.74) is 2.15. The van der Waals surface area contributed by atoms with Gasteiger partial charge in [0.25, 0.3) is 11.8 Å². The minimum absolute atomic E-state index is 0.276. The van der Waals surface area contributed by atoms with E-state index in [0.717, 1.165) is 15.9 Å². The molecular formula is C21H19N5O3.